The Balaban J connectivity index is 0.00000242. The van der Waals surface area contributed by atoms with Gasteiger partial charge in [0.2, 0.25) is 5.91 Å². The van der Waals surface area contributed by atoms with E-state index in [1.807, 2.05) is 32.9 Å². The number of ether oxygens (including phenoxy) is 1. The molecule has 5 nitrogen and oxygen atoms in total. The van der Waals surface area contributed by atoms with Crippen LogP contribution in [-0.4, -0.2) is 41.1 Å². The summed E-state index contributed by atoms with van der Waals surface area (Å²) < 4.78 is 5.68. The Morgan fingerprint density at radius 2 is 1.96 bits per heavy atom. The second kappa shape index (κ2) is 8.29. The first-order chi connectivity index (χ1) is 9.83. The van der Waals surface area contributed by atoms with Crippen molar-refractivity contribution >= 4 is 30.7 Å². The molecule has 2 atom stereocenters. The van der Waals surface area contributed by atoms with E-state index in [0.717, 1.165) is 5.56 Å². The van der Waals surface area contributed by atoms with Gasteiger partial charge in [0, 0.05) is 44.4 Å². The number of aromatic nitrogens is 1. The molecule has 1 saturated carbocycles. The van der Waals surface area contributed by atoms with Crippen LogP contribution in [0.15, 0.2) is 24.5 Å². The molecule has 1 aromatic heterocycles. The van der Waals surface area contributed by atoms with Crippen molar-refractivity contribution < 1.29 is 9.53 Å². The van der Waals surface area contributed by atoms with E-state index in [2.05, 4.69) is 4.98 Å². The summed E-state index contributed by atoms with van der Waals surface area (Å²) >= 11 is 0. The Bertz CT molecular complexity index is 513. The highest BCUT2D eigenvalue weighted by Gasteiger charge is 2.63. The molecule has 0 saturated heterocycles. The van der Waals surface area contributed by atoms with Crippen molar-refractivity contribution in [3.05, 3.63) is 30.1 Å². The maximum Gasteiger partial charge on any atom is 0.243 e. The fourth-order valence-corrected chi connectivity index (χ4v) is 2.97. The molecule has 1 fully saturated rings. The molecule has 1 aliphatic carbocycles. The fourth-order valence-electron chi connectivity index (χ4n) is 2.97. The number of amides is 1. The van der Waals surface area contributed by atoms with Crippen molar-refractivity contribution in [3.63, 3.8) is 0 Å². The van der Waals surface area contributed by atoms with E-state index in [1.165, 1.54) is 0 Å². The summed E-state index contributed by atoms with van der Waals surface area (Å²) in [4.78, 5) is 18.4. The van der Waals surface area contributed by atoms with Gasteiger partial charge in [-0.15, -0.1) is 24.8 Å². The van der Waals surface area contributed by atoms with Crippen molar-refractivity contribution in [1.29, 1.82) is 0 Å². The van der Waals surface area contributed by atoms with E-state index >= 15 is 0 Å². The predicted octanol–water partition coefficient (Wildman–Crippen LogP) is 2.42. The Labute approximate surface area is 150 Å². The molecule has 2 unspecified atom stereocenters. The lowest BCUT2D eigenvalue weighted by Gasteiger charge is -2.58. The zero-order chi connectivity index (χ0) is 15.7. The Kier molecular flexibility index (Phi) is 7.97. The van der Waals surface area contributed by atoms with Gasteiger partial charge in [-0.25, -0.2) is 0 Å². The Morgan fingerprint density at radius 1 is 1.39 bits per heavy atom. The third-order valence-electron chi connectivity index (χ3n) is 4.73. The van der Waals surface area contributed by atoms with Crippen LogP contribution in [0, 0.1) is 5.41 Å². The number of hydrogen-bond donors (Lipinski definition) is 1. The summed E-state index contributed by atoms with van der Waals surface area (Å²) in [5, 5.41) is 0. The second-order valence-corrected chi connectivity index (χ2v) is 6.36. The number of nitrogens with two attached hydrogens (primary N) is 1. The molecule has 0 aliphatic heterocycles. The monoisotopic (exact) mass is 363 g/mol. The summed E-state index contributed by atoms with van der Waals surface area (Å²) in [7, 11) is 1.79. The van der Waals surface area contributed by atoms with Gasteiger partial charge in [0.25, 0.3) is 0 Å². The first-order valence-corrected chi connectivity index (χ1v) is 7.38. The SMILES string of the molecule is CCOC1CC(N)(C(=O)N(C)Cc2ccncc2)C1(C)C.Cl.Cl. The molecule has 1 aromatic rings. The van der Waals surface area contributed by atoms with Gasteiger partial charge >= 0.3 is 0 Å². The van der Waals surface area contributed by atoms with Crippen LogP contribution in [0.4, 0.5) is 0 Å². The second-order valence-electron chi connectivity index (χ2n) is 6.36. The Hall–Kier alpha value is -0.880. The number of carbonyl (C=O) groups is 1. The summed E-state index contributed by atoms with van der Waals surface area (Å²) in [6, 6.07) is 3.81. The average molecular weight is 364 g/mol. The molecule has 2 N–H and O–H groups in total. The van der Waals surface area contributed by atoms with Crippen LogP contribution in [0.5, 0.6) is 0 Å². The van der Waals surface area contributed by atoms with E-state index in [0.29, 0.717) is 19.6 Å². The van der Waals surface area contributed by atoms with Gasteiger partial charge in [-0.3, -0.25) is 9.78 Å². The standard InChI is InChI=1S/C16H25N3O2.2ClH/c1-5-21-13-10-16(17,15(13,2)3)14(20)19(4)11-12-6-8-18-9-7-12;;/h6-9,13H,5,10-11,17H2,1-4H3;2*1H. The van der Waals surface area contributed by atoms with Crippen molar-refractivity contribution in [2.24, 2.45) is 11.1 Å². The lowest BCUT2D eigenvalue weighted by molar-refractivity contribution is -0.178. The van der Waals surface area contributed by atoms with Crippen molar-refractivity contribution in [3.8, 4) is 0 Å². The molecule has 0 bridgehead atoms. The van der Waals surface area contributed by atoms with Gasteiger partial charge in [-0.1, -0.05) is 13.8 Å². The van der Waals surface area contributed by atoms with Crippen LogP contribution in [-0.2, 0) is 16.1 Å². The third kappa shape index (κ3) is 3.97. The smallest absolute Gasteiger partial charge is 0.243 e. The van der Waals surface area contributed by atoms with Gasteiger partial charge in [0.15, 0.2) is 0 Å². The molecular weight excluding hydrogens is 337 g/mol. The zero-order valence-electron chi connectivity index (χ0n) is 14.1. The molecule has 1 heterocycles. The predicted molar refractivity (Wildman–Crippen MR) is 95.9 cm³/mol. The lowest BCUT2D eigenvalue weighted by Crippen LogP contribution is -2.75. The number of likely N-dealkylation sites (N-methyl/N-ethyl adjacent to an activating group) is 1. The van der Waals surface area contributed by atoms with Crippen LogP contribution < -0.4 is 5.73 Å². The fraction of sp³-hybridized carbons (Fsp3) is 0.625. The number of nitrogens with zero attached hydrogens (tertiary/aromatic N) is 2. The molecule has 132 valence electrons. The van der Waals surface area contributed by atoms with E-state index in [4.69, 9.17) is 10.5 Å². The summed E-state index contributed by atoms with van der Waals surface area (Å²) in [5.74, 6) is -0.0275. The van der Waals surface area contributed by atoms with E-state index in [1.54, 1.807) is 24.3 Å². The molecular formula is C16H27Cl2N3O2. The third-order valence-corrected chi connectivity index (χ3v) is 4.73. The first kappa shape index (κ1) is 22.1. The topological polar surface area (TPSA) is 68.5 Å². The molecule has 0 aromatic carbocycles. The van der Waals surface area contributed by atoms with Crippen molar-refractivity contribution in [1.82, 2.24) is 9.88 Å². The van der Waals surface area contributed by atoms with E-state index in [9.17, 15) is 4.79 Å². The van der Waals surface area contributed by atoms with Gasteiger partial charge in [0.1, 0.15) is 5.54 Å². The maximum atomic E-state index is 12.7. The average Bonchev–Trinajstić information content (AvgIpc) is 2.47. The van der Waals surface area contributed by atoms with Gasteiger partial charge in [-0.2, -0.15) is 0 Å². The van der Waals surface area contributed by atoms with E-state index in [-0.39, 0.29) is 42.2 Å². The number of halogens is 2. The minimum atomic E-state index is -0.853. The molecule has 0 spiro atoms. The normalized spacial score (nSPS) is 24.7. The van der Waals surface area contributed by atoms with Gasteiger partial charge < -0.3 is 15.4 Å². The Morgan fingerprint density at radius 3 is 2.43 bits per heavy atom. The van der Waals surface area contributed by atoms with Crippen molar-refractivity contribution in [2.45, 2.75) is 45.4 Å². The molecule has 1 aliphatic rings. The summed E-state index contributed by atoms with van der Waals surface area (Å²) in [6.45, 7) is 7.16. The zero-order valence-corrected chi connectivity index (χ0v) is 15.7. The molecule has 0 radical (unpaired) electrons. The van der Waals surface area contributed by atoms with Gasteiger partial charge in [-0.05, 0) is 24.6 Å². The van der Waals surface area contributed by atoms with Crippen LogP contribution in [0.2, 0.25) is 0 Å². The number of pyridine rings is 1. The number of rotatable bonds is 5. The maximum absolute atomic E-state index is 12.7. The summed E-state index contributed by atoms with van der Waals surface area (Å²) in [5.41, 5.74) is 6.25. The van der Waals surface area contributed by atoms with Crippen LogP contribution in [0.25, 0.3) is 0 Å². The summed E-state index contributed by atoms with van der Waals surface area (Å²) in [6.07, 6.45) is 4.08. The van der Waals surface area contributed by atoms with Crippen LogP contribution in [0.1, 0.15) is 32.8 Å². The number of carbonyl (C=O) groups excluding carboxylic acids is 1. The first-order valence-electron chi connectivity index (χ1n) is 7.38. The van der Waals surface area contributed by atoms with Crippen molar-refractivity contribution in [2.75, 3.05) is 13.7 Å². The minimum absolute atomic E-state index is 0. The number of hydrogen-bond acceptors (Lipinski definition) is 4. The quantitative estimate of drug-likeness (QED) is 0.871. The van der Waals surface area contributed by atoms with Crippen LogP contribution >= 0.6 is 24.8 Å². The molecule has 7 heteroatoms. The molecule has 2 rings (SSSR count). The minimum Gasteiger partial charge on any atom is -0.378 e. The van der Waals surface area contributed by atoms with E-state index < -0.39 is 5.54 Å². The van der Waals surface area contributed by atoms with Crippen LogP contribution in [0.3, 0.4) is 0 Å². The molecule has 1 amide bonds. The highest BCUT2D eigenvalue weighted by Crippen LogP contribution is 2.50. The highest BCUT2D eigenvalue weighted by molar-refractivity contribution is 5.88. The van der Waals surface area contributed by atoms with Gasteiger partial charge in [0.05, 0.1) is 6.10 Å². The molecule has 23 heavy (non-hydrogen) atoms. The highest BCUT2D eigenvalue weighted by atomic mass is 35.5. The largest absolute Gasteiger partial charge is 0.378 e. The lowest BCUT2D eigenvalue weighted by atomic mass is 9.54.